The van der Waals surface area contributed by atoms with E-state index < -0.39 is 4.87 Å². The first-order valence-electron chi connectivity index (χ1n) is 4.59. The average Bonchev–Trinajstić information content (AvgIpc) is 2.02. The number of methoxy groups -OCH3 is 2. The molecule has 2 nitrogen and oxygen atoms in total. The minimum absolute atomic E-state index is 0.0830. The summed E-state index contributed by atoms with van der Waals surface area (Å²) in [5.41, 5.74) is -0.0830. The fourth-order valence-corrected chi connectivity index (χ4v) is 2.12. The van der Waals surface area contributed by atoms with Crippen LogP contribution in [0.25, 0.3) is 0 Å². The van der Waals surface area contributed by atoms with Gasteiger partial charge in [0.15, 0.2) is 0 Å². The molecule has 0 aromatic heterocycles. The lowest BCUT2D eigenvalue weighted by atomic mass is 9.84. The summed E-state index contributed by atoms with van der Waals surface area (Å²) < 4.78 is 10.2. The Labute approximate surface area is 96.9 Å². The molecule has 0 spiro atoms. The highest BCUT2D eigenvalue weighted by atomic mass is 35.5. The molecule has 4 heteroatoms. The van der Waals surface area contributed by atoms with Crippen molar-refractivity contribution in [2.24, 2.45) is 5.41 Å². The number of alkyl halides is 2. The number of ether oxygens (including phenoxy) is 2. The third-order valence-corrected chi connectivity index (χ3v) is 3.60. The Kier molecular flexibility index (Phi) is 5.75. The molecule has 0 amide bonds. The first kappa shape index (κ1) is 14.5. The molecule has 0 saturated heterocycles. The molecule has 0 aromatic carbocycles. The molecule has 0 heterocycles. The summed E-state index contributed by atoms with van der Waals surface area (Å²) >= 11 is 12.7. The van der Waals surface area contributed by atoms with Crippen LogP contribution in [0.5, 0.6) is 0 Å². The maximum atomic E-state index is 6.39. The van der Waals surface area contributed by atoms with E-state index in [2.05, 4.69) is 0 Å². The summed E-state index contributed by atoms with van der Waals surface area (Å²) in [5.74, 6) is 0. The average molecular weight is 243 g/mol. The van der Waals surface area contributed by atoms with Crippen molar-refractivity contribution < 1.29 is 9.47 Å². The van der Waals surface area contributed by atoms with Crippen LogP contribution in [-0.4, -0.2) is 37.7 Å². The van der Waals surface area contributed by atoms with E-state index in [4.69, 9.17) is 32.7 Å². The highest BCUT2D eigenvalue weighted by Gasteiger charge is 2.42. The fourth-order valence-electron chi connectivity index (χ4n) is 1.44. The van der Waals surface area contributed by atoms with Crippen molar-refractivity contribution in [1.29, 1.82) is 0 Å². The van der Waals surface area contributed by atoms with Crippen LogP contribution in [-0.2, 0) is 9.47 Å². The smallest absolute Gasteiger partial charge is 0.108 e. The van der Waals surface area contributed by atoms with Gasteiger partial charge in [0, 0.05) is 14.2 Å². The van der Waals surface area contributed by atoms with Crippen molar-refractivity contribution in [3.8, 4) is 0 Å². The lowest BCUT2D eigenvalue weighted by molar-refractivity contribution is 0.0816. The van der Waals surface area contributed by atoms with Gasteiger partial charge in [-0.25, -0.2) is 0 Å². The van der Waals surface area contributed by atoms with E-state index >= 15 is 0 Å². The molecule has 86 valence electrons. The van der Waals surface area contributed by atoms with Crippen LogP contribution in [0.15, 0.2) is 0 Å². The van der Waals surface area contributed by atoms with Crippen LogP contribution >= 0.6 is 23.2 Å². The Morgan fingerprint density at radius 1 is 1.07 bits per heavy atom. The summed E-state index contributed by atoms with van der Waals surface area (Å²) in [4.78, 5) is -0.663. The SMILES string of the molecule is COCC(Cl)(COC)C(Cl)C(C)(C)C. The highest BCUT2D eigenvalue weighted by molar-refractivity contribution is 6.33. The van der Waals surface area contributed by atoms with Crippen molar-refractivity contribution in [3.05, 3.63) is 0 Å². The lowest BCUT2D eigenvalue weighted by Gasteiger charge is -2.38. The quantitative estimate of drug-likeness (QED) is 0.691. The Balaban J connectivity index is 4.63. The molecule has 0 aliphatic heterocycles. The van der Waals surface area contributed by atoms with Crippen molar-refractivity contribution >= 4 is 23.2 Å². The Hall–Kier alpha value is 0.500. The fraction of sp³-hybridized carbons (Fsp3) is 1.00. The van der Waals surface area contributed by atoms with Gasteiger partial charge >= 0.3 is 0 Å². The monoisotopic (exact) mass is 242 g/mol. The summed E-state index contributed by atoms with van der Waals surface area (Å²) in [6, 6.07) is 0. The van der Waals surface area contributed by atoms with Gasteiger partial charge < -0.3 is 9.47 Å². The summed E-state index contributed by atoms with van der Waals surface area (Å²) in [5, 5.41) is -0.212. The van der Waals surface area contributed by atoms with Crippen molar-refractivity contribution in [1.82, 2.24) is 0 Å². The molecule has 1 unspecified atom stereocenters. The number of hydrogen-bond acceptors (Lipinski definition) is 2. The van der Waals surface area contributed by atoms with Gasteiger partial charge in [0.2, 0.25) is 0 Å². The molecule has 0 aromatic rings. The Morgan fingerprint density at radius 2 is 1.43 bits per heavy atom. The van der Waals surface area contributed by atoms with Crippen LogP contribution < -0.4 is 0 Å². The summed E-state index contributed by atoms with van der Waals surface area (Å²) in [6.07, 6.45) is 0. The third kappa shape index (κ3) is 3.93. The molecule has 0 fully saturated rings. The normalized spacial score (nSPS) is 15.6. The molecule has 0 N–H and O–H groups in total. The van der Waals surface area contributed by atoms with Gasteiger partial charge in [0.1, 0.15) is 4.87 Å². The van der Waals surface area contributed by atoms with Gasteiger partial charge in [-0.2, -0.15) is 0 Å². The van der Waals surface area contributed by atoms with Crippen molar-refractivity contribution in [2.75, 3.05) is 27.4 Å². The zero-order valence-corrected chi connectivity index (χ0v) is 11.1. The minimum atomic E-state index is -0.663. The van der Waals surface area contributed by atoms with E-state index in [0.717, 1.165) is 0 Å². The third-order valence-electron chi connectivity index (χ3n) is 1.98. The molecule has 1 atom stereocenters. The van der Waals surface area contributed by atoms with E-state index in [-0.39, 0.29) is 10.8 Å². The van der Waals surface area contributed by atoms with Crippen LogP contribution in [0.2, 0.25) is 0 Å². The minimum Gasteiger partial charge on any atom is -0.383 e. The molecular formula is C10H20Cl2O2. The second kappa shape index (κ2) is 5.55. The molecule has 0 radical (unpaired) electrons. The number of rotatable bonds is 5. The largest absolute Gasteiger partial charge is 0.383 e. The van der Waals surface area contributed by atoms with Crippen LogP contribution in [0, 0.1) is 5.41 Å². The lowest BCUT2D eigenvalue weighted by Crippen LogP contribution is -2.48. The molecular weight excluding hydrogens is 223 g/mol. The first-order valence-corrected chi connectivity index (χ1v) is 5.40. The summed E-state index contributed by atoms with van der Waals surface area (Å²) in [7, 11) is 3.22. The van der Waals surface area contributed by atoms with Gasteiger partial charge in [-0.1, -0.05) is 20.8 Å². The predicted octanol–water partition coefficient (Wildman–Crippen LogP) is 2.91. The zero-order chi connectivity index (χ0) is 11.4. The second-order valence-corrected chi connectivity index (χ2v) is 5.82. The van der Waals surface area contributed by atoms with Gasteiger partial charge in [0.25, 0.3) is 0 Å². The van der Waals surface area contributed by atoms with Gasteiger partial charge in [-0.15, -0.1) is 23.2 Å². The second-order valence-electron chi connectivity index (χ2n) is 4.63. The Morgan fingerprint density at radius 3 is 1.64 bits per heavy atom. The molecule has 0 bridgehead atoms. The number of halogens is 2. The van der Waals surface area contributed by atoms with Crippen LogP contribution in [0.1, 0.15) is 20.8 Å². The van der Waals surface area contributed by atoms with Gasteiger partial charge in [-0.05, 0) is 5.41 Å². The van der Waals surface area contributed by atoms with E-state index in [1.807, 2.05) is 20.8 Å². The van der Waals surface area contributed by atoms with Crippen LogP contribution in [0.4, 0.5) is 0 Å². The highest BCUT2D eigenvalue weighted by Crippen LogP contribution is 2.37. The van der Waals surface area contributed by atoms with Crippen LogP contribution in [0.3, 0.4) is 0 Å². The molecule has 0 saturated carbocycles. The molecule has 0 aliphatic carbocycles. The van der Waals surface area contributed by atoms with E-state index in [9.17, 15) is 0 Å². The Bertz CT molecular complexity index is 160. The maximum absolute atomic E-state index is 6.39. The van der Waals surface area contributed by atoms with E-state index in [0.29, 0.717) is 13.2 Å². The zero-order valence-electron chi connectivity index (χ0n) is 9.56. The topological polar surface area (TPSA) is 18.5 Å². The first-order chi connectivity index (χ1) is 6.28. The predicted molar refractivity (Wildman–Crippen MR) is 61.4 cm³/mol. The molecule has 0 rings (SSSR count). The number of hydrogen-bond donors (Lipinski definition) is 0. The summed E-state index contributed by atoms with van der Waals surface area (Å²) in [6.45, 7) is 6.91. The van der Waals surface area contributed by atoms with Crippen molar-refractivity contribution in [2.45, 2.75) is 31.0 Å². The molecule has 0 aliphatic rings. The standard InChI is InChI=1S/C10H20Cl2O2/c1-9(2,3)8(11)10(12,6-13-4)7-14-5/h8H,6-7H2,1-5H3. The van der Waals surface area contributed by atoms with Gasteiger partial charge in [-0.3, -0.25) is 0 Å². The maximum Gasteiger partial charge on any atom is 0.108 e. The van der Waals surface area contributed by atoms with E-state index in [1.165, 1.54) is 0 Å². The van der Waals surface area contributed by atoms with Gasteiger partial charge in [0.05, 0.1) is 18.6 Å². The van der Waals surface area contributed by atoms with Crippen molar-refractivity contribution in [3.63, 3.8) is 0 Å². The van der Waals surface area contributed by atoms with E-state index in [1.54, 1.807) is 14.2 Å². The molecule has 14 heavy (non-hydrogen) atoms.